The molecule has 0 radical (unpaired) electrons. The van der Waals surface area contributed by atoms with E-state index in [0.717, 1.165) is 24.8 Å². The molecule has 1 aliphatic carbocycles. The number of hydrogen-bond acceptors (Lipinski definition) is 7. The van der Waals surface area contributed by atoms with Crippen LogP contribution < -0.4 is 9.46 Å². The monoisotopic (exact) mass is 414 g/mol. The highest BCUT2D eigenvalue weighted by molar-refractivity contribution is 7.93. The average Bonchev–Trinajstić information content (AvgIpc) is 2.74. The smallest absolute Gasteiger partial charge is 0.236 e. The molecule has 9 heteroatoms. The minimum Gasteiger partial charge on any atom is -0.504 e. The molecule has 0 saturated heterocycles. The molecule has 4 rings (SSSR count). The van der Waals surface area contributed by atoms with E-state index < -0.39 is 15.3 Å². The number of benzene rings is 1. The third kappa shape index (κ3) is 4.09. The fourth-order valence-electron chi connectivity index (χ4n) is 3.55. The number of phenols is 1. The van der Waals surface area contributed by atoms with Gasteiger partial charge in [-0.3, -0.25) is 4.72 Å². The van der Waals surface area contributed by atoms with Crippen molar-refractivity contribution in [2.24, 2.45) is 0 Å². The standard InChI is InChI=1S/C20H22N4O4S/c1-28-18-11-13(7-10-17(18)25)15-8-9-16-20(22-15)23-19(12-21-16)24-29(26,27)14-5-3-2-4-6-14/h7-12,14,25H,2-6H2,1H3,(H,22,23,24). The van der Waals surface area contributed by atoms with Crippen molar-refractivity contribution in [2.45, 2.75) is 37.4 Å². The number of rotatable bonds is 5. The first kappa shape index (κ1) is 19.4. The molecule has 3 aromatic rings. The molecule has 2 heterocycles. The summed E-state index contributed by atoms with van der Waals surface area (Å²) in [5.74, 6) is 0.539. The zero-order valence-electron chi connectivity index (χ0n) is 16.0. The Morgan fingerprint density at radius 3 is 2.66 bits per heavy atom. The minimum atomic E-state index is -3.51. The summed E-state index contributed by atoms with van der Waals surface area (Å²) in [7, 11) is -2.03. The van der Waals surface area contributed by atoms with E-state index in [0.29, 0.717) is 35.4 Å². The van der Waals surface area contributed by atoms with Crippen molar-refractivity contribution in [3.63, 3.8) is 0 Å². The van der Waals surface area contributed by atoms with Crippen molar-refractivity contribution >= 4 is 27.0 Å². The highest BCUT2D eigenvalue weighted by atomic mass is 32.2. The van der Waals surface area contributed by atoms with Gasteiger partial charge in [0.1, 0.15) is 5.52 Å². The van der Waals surface area contributed by atoms with Gasteiger partial charge in [-0.25, -0.2) is 23.4 Å². The van der Waals surface area contributed by atoms with Gasteiger partial charge < -0.3 is 9.84 Å². The molecule has 0 aliphatic heterocycles. The molecule has 1 aliphatic rings. The highest BCUT2D eigenvalue weighted by Crippen LogP contribution is 2.31. The first-order valence-electron chi connectivity index (χ1n) is 9.49. The topological polar surface area (TPSA) is 114 Å². The van der Waals surface area contributed by atoms with Crippen molar-refractivity contribution in [3.8, 4) is 22.8 Å². The van der Waals surface area contributed by atoms with Crippen LogP contribution in [0.4, 0.5) is 5.82 Å². The fourth-order valence-corrected chi connectivity index (χ4v) is 5.06. The van der Waals surface area contributed by atoms with Crippen molar-refractivity contribution < 1.29 is 18.3 Å². The second kappa shape index (κ2) is 7.82. The summed E-state index contributed by atoms with van der Waals surface area (Å²) in [5.41, 5.74) is 2.23. The lowest BCUT2D eigenvalue weighted by atomic mass is 10.0. The zero-order valence-corrected chi connectivity index (χ0v) is 16.8. The van der Waals surface area contributed by atoms with Crippen molar-refractivity contribution in [2.75, 3.05) is 11.8 Å². The van der Waals surface area contributed by atoms with Gasteiger partial charge in [0.25, 0.3) is 0 Å². The molecule has 0 bridgehead atoms. The van der Waals surface area contributed by atoms with E-state index in [-0.39, 0.29) is 11.6 Å². The predicted molar refractivity (Wildman–Crippen MR) is 110 cm³/mol. The molecule has 1 saturated carbocycles. The maximum Gasteiger partial charge on any atom is 0.236 e. The van der Waals surface area contributed by atoms with Crippen LogP contribution in [0.2, 0.25) is 0 Å². The van der Waals surface area contributed by atoms with Crippen LogP contribution in [0.15, 0.2) is 36.5 Å². The number of nitrogens with zero attached hydrogens (tertiary/aromatic N) is 3. The summed E-state index contributed by atoms with van der Waals surface area (Å²) in [5, 5.41) is 9.38. The van der Waals surface area contributed by atoms with E-state index in [4.69, 9.17) is 4.74 Å². The molecule has 0 atom stereocenters. The fraction of sp³-hybridized carbons (Fsp3) is 0.350. The van der Waals surface area contributed by atoms with Gasteiger partial charge in [0.2, 0.25) is 10.0 Å². The Balaban J connectivity index is 1.65. The molecule has 0 amide bonds. The quantitative estimate of drug-likeness (QED) is 0.657. The number of anilines is 1. The van der Waals surface area contributed by atoms with Gasteiger partial charge in [0.15, 0.2) is 23.0 Å². The molecule has 0 spiro atoms. The first-order valence-corrected chi connectivity index (χ1v) is 11.0. The number of aromatic nitrogens is 3. The van der Waals surface area contributed by atoms with Crippen LogP contribution in [0.5, 0.6) is 11.5 Å². The van der Waals surface area contributed by atoms with E-state index in [1.807, 2.05) is 0 Å². The maximum atomic E-state index is 12.6. The second-order valence-corrected chi connectivity index (χ2v) is 9.05. The van der Waals surface area contributed by atoms with E-state index in [1.165, 1.54) is 19.4 Å². The van der Waals surface area contributed by atoms with Gasteiger partial charge in [0.05, 0.1) is 24.3 Å². The Labute approximate surface area is 169 Å². The third-order valence-corrected chi connectivity index (χ3v) is 6.96. The van der Waals surface area contributed by atoms with Crippen LogP contribution in [-0.2, 0) is 10.0 Å². The van der Waals surface area contributed by atoms with Gasteiger partial charge in [-0.1, -0.05) is 19.3 Å². The van der Waals surface area contributed by atoms with Crippen LogP contribution in [0.3, 0.4) is 0 Å². The SMILES string of the molecule is COc1cc(-c2ccc3ncc(NS(=O)(=O)C4CCCCC4)nc3n2)ccc1O. The number of ether oxygens (including phenoxy) is 1. The number of phenolic OH excluding ortho intramolecular Hbond substituents is 1. The zero-order chi connectivity index (χ0) is 20.4. The summed E-state index contributed by atoms with van der Waals surface area (Å²) in [6, 6.07) is 8.47. The number of nitrogens with one attached hydrogen (secondary N) is 1. The molecule has 8 nitrogen and oxygen atoms in total. The molecule has 1 fully saturated rings. The van der Waals surface area contributed by atoms with E-state index >= 15 is 0 Å². The molecular formula is C20H22N4O4S. The molecule has 2 aromatic heterocycles. The molecule has 1 aromatic carbocycles. The van der Waals surface area contributed by atoms with Crippen LogP contribution >= 0.6 is 0 Å². The summed E-state index contributed by atoms with van der Waals surface area (Å²) >= 11 is 0. The van der Waals surface area contributed by atoms with E-state index in [2.05, 4.69) is 19.7 Å². The lowest BCUT2D eigenvalue weighted by Crippen LogP contribution is -2.30. The average molecular weight is 414 g/mol. The van der Waals surface area contributed by atoms with E-state index in [1.54, 1.807) is 24.3 Å². The van der Waals surface area contributed by atoms with Gasteiger partial charge in [-0.2, -0.15) is 0 Å². The van der Waals surface area contributed by atoms with Crippen molar-refractivity contribution in [3.05, 3.63) is 36.5 Å². The number of sulfonamides is 1. The molecule has 0 unspecified atom stereocenters. The van der Waals surface area contributed by atoms with Crippen molar-refractivity contribution in [1.82, 2.24) is 15.0 Å². The van der Waals surface area contributed by atoms with Gasteiger partial charge in [0, 0.05) is 5.56 Å². The maximum absolute atomic E-state index is 12.6. The normalized spacial score (nSPS) is 15.3. The predicted octanol–water partition coefficient (Wildman–Crippen LogP) is 3.48. The van der Waals surface area contributed by atoms with Crippen LogP contribution in [0, 0.1) is 0 Å². The van der Waals surface area contributed by atoms with E-state index in [9.17, 15) is 13.5 Å². The number of fused-ring (bicyclic) bond motifs is 1. The lowest BCUT2D eigenvalue weighted by Gasteiger charge is -2.22. The second-order valence-electron chi connectivity index (χ2n) is 7.09. The van der Waals surface area contributed by atoms with Gasteiger partial charge in [-0.05, 0) is 43.2 Å². The highest BCUT2D eigenvalue weighted by Gasteiger charge is 2.27. The summed E-state index contributed by atoms with van der Waals surface area (Å²) in [6.07, 6.45) is 5.68. The largest absolute Gasteiger partial charge is 0.504 e. The third-order valence-electron chi connectivity index (χ3n) is 5.12. The van der Waals surface area contributed by atoms with Crippen molar-refractivity contribution in [1.29, 1.82) is 0 Å². The van der Waals surface area contributed by atoms with Crippen LogP contribution in [0.1, 0.15) is 32.1 Å². The Morgan fingerprint density at radius 1 is 1.10 bits per heavy atom. The Morgan fingerprint density at radius 2 is 1.90 bits per heavy atom. The first-order chi connectivity index (χ1) is 14.0. The Kier molecular flexibility index (Phi) is 5.23. The summed E-state index contributed by atoms with van der Waals surface area (Å²) in [4.78, 5) is 13.1. The number of methoxy groups -OCH3 is 1. The van der Waals surface area contributed by atoms with Gasteiger partial charge in [-0.15, -0.1) is 0 Å². The number of pyridine rings is 1. The Bertz CT molecular complexity index is 1140. The molecular weight excluding hydrogens is 392 g/mol. The Hall–Kier alpha value is -2.94. The van der Waals surface area contributed by atoms with Gasteiger partial charge >= 0.3 is 0 Å². The summed E-state index contributed by atoms with van der Waals surface area (Å²) < 4.78 is 33.0. The van der Waals surface area contributed by atoms with Crippen LogP contribution in [-0.4, -0.2) is 40.8 Å². The van der Waals surface area contributed by atoms with Crippen LogP contribution in [0.25, 0.3) is 22.4 Å². The minimum absolute atomic E-state index is 0.0382. The number of hydrogen-bond donors (Lipinski definition) is 2. The number of aromatic hydroxyl groups is 1. The molecule has 29 heavy (non-hydrogen) atoms. The lowest BCUT2D eigenvalue weighted by molar-refractivity contribution is 0.373. The molecule has 152 valence electrons. The molecule has 2 N–H and O–H groups in total. The summed E-state index contributed by atoms with van der Waals surface area (Å²) in [6.45, 7) is 0.